The summed E-state index contributed by atoms with van der Waals surface area (Å²) in [5, 5.41) is 3.55. The lowest BCUT2D eigenvalue weighted by Crippen LogP contribution is -2.19. The highest BCUT2D eigenvalue weighted by Crippen LogP contribution is 2.36. The molecule has 0 saturated heterocycles. The van der Waals surface area contributed by atoms with E-state index in [0.29, 0.717) is 6.04 Å². The Hall–Kier alpha value is -0.820. The Morgan fingerprint density at radius 2 is 2.19 bits per heavy atom. The van der Waals surface area contributed by atoms with Gasteiger partial charge in [-0.3, -0.25) is 0 Å². The van der Waals surface area contributed by atoms with Crippen molar-refractivity contribution in [2.75, 3.05) is 6.54 Å². The first-order valence-corrected chi connectivity index (χ1v) is 6.64. The first-order valence-electron chi connectivity index (χ1n) is 6.64. The SMILES string of the molecule is CCCNC(C)c1cccc(C2CCC2)c1. The fraction of sp³-hybridized carbons (Fsp3) is 0.600. The van der Waals surface area contributed by atoms with E-state index < -0.39 is 0 Å². The number of nitrogens with one attached hydrogen (secondary N) is 1. The van der Waals surface area contributed by atoms with Gasteiger partial charge in [0.1, 0.15) is 0 Å². The number of hydrogen-bond donors (Lipinski definition) is 1. The van der Waals surface area contributed by atoms with Crippen LogP contribution in [0.3, 0.4) is 0 Å². The molecule has 1 aliphatic rings. The van der Waals surface area contributed by atoms with Crippen LogP contribution in [0, 0.1) is 0 Å². The van der Waals surface area contributed by atoms with Gasteiger partial charge in [0, 0.05) is 6.04 Å². The first-order chi connectivity index (χ1) is 7.81. The summed E-state index contributed by atoms with van der Waals surface area (Å²) >= 11 is 0. The van der Waals surface area contributed by atoms with Crippen LogP contribution in [0.5, 0.6) is 0 Å². The molecule has 16 heavy (non-hydrogen) atoms. The van der Waals surface area contributed by atoms with Gasteiger partial charge in [-0.2, -0.15) is 0 Å². The lowest BCUT2D eigenvalue weighted by atomic mass is 9.79. The van der Waals surface area contributed by atoms with Crippen LogP contribution >= 0.6 is 0 Å². The second-order valence-electron chi connectivity index (χ2n) is 4.97. The highest BCUT2D eigenvalue weighted by atomic mass is 14.9. The fourth-order valence-corrected chi connectivity index (χ4v) is 2.30. The molecule has 0 amide bonds. The minimum atomic E-state index is 0.486. The van der Waals surface area contributed by atoms with Crippen molar-refractivity contribution in [1.29, 1.82) is 0 Å². The van der Waals surface area contributed by atoms with Crippen molar-refractivity contribution in [1.82, 2.24) is 5.32 Å². The summed E-state index contributed by atoms with van der Waals surface area (Å²) in [6, 6.07) is 9.64. The summed E-state index contributed by atoms with van der Waals surface area (Å²) in [7, 11) is 0. The van der Waals surface area contributed by atoms with Gasteiger partial charge in [-0.25, -0.2) is 0 Å². The molecule has 0 heterocycles. The molecule has 1 saturated carbocycles. The number of hydrogen-bond acceptors (Lipinski definition) is 1. The standard InChI is InChI=1S/C15H23N/c1-3-10-16-12(2)14-8-5-9-15(11-14)13-6-4-7-13/h5,8-9,11-13,16H,3-4,6-7,10H2,1-2H3. The average Bonchev–Trinajstić information content (AvgIpc) is 2.24. The van der Waals surface area contributed by atoms with Gasteiger partial charge in [0.05, 0.1) is 0 Å². The molecule has 0 aliphatic heterocycles. The molecule has 88 valence electrons. The van der Waals surface area contributed by atoms with Crippen LogP contribution < -0.4 is 5.32 Å². The molecule has 1 fully saturated rings. The van der Waals surface area contributed by atoms with E-state index in [9.17, 15) is 0 Å². The summed E-state index contributed by atoms with van der Waals surface area (Å²) in [5.74, 6) is 0.846. The van der Waals surface area contributed by atoms with Gasteiger partial charge in [-0.1, -0.05) is 37.6 Å². The number of benzene rings is 1. The van der Waals surface area contributed by atoms with Gasteiger partial charge in [0.25, 0.3) is 0 Å². The highest BCUT2D eigenvalue weighted by molar-refractivity contribution is 5.29. The molecule has 1 aromatic rings. The van der Waals surface area contributed by atoms with E-state index in [1.165, 1.54) is 31.2 Å². The fourth-order valence-electron chi connectivity index (χ4n) is 2.30. The van der Waals surface area contributed by atoms with Crippen LogP contribution in [-0.2, 0) is 0 Å². The zero-order valence-corrected chi connectivity index (χ0v) is 10.5. The predicted molar refractivity (Wildman–Crippen MR) is 69.7 cm³/mol. The minimum absolute atomic E-state index is 0.486. The maximum atomic E-state index is 3.55. The van der Waals surface area contributed by atoms with Crippen molar-refractivity contribution in [2.24, 2.45) is 0 Å². The average molecular weight is 217 g/mol. The topological polar surface area (TPSA) is 12.0 Å². The van der Waals surface area contributed by atoms with Crippen LogP contribution in [0.2, 0.25) is 0 Å². The Labute approximate surface area is 99.3 Å². The third-order valence-electron chi connectivity index (χ3n) is 3.69. The van der Waals surface area contributed by atoms with E-state index in [2.05, 4.69) is 43.4 Å². The molecule has 0 radical (unpaired) electrons. The molecule has 1 aromatic carbocycles. The maximum Gasteiger partial charge on any atom is 0.0291 e. The molecule has 0 spiro atoms. The molecular formula is C15H23N. The molecular weight excluding hydrogens is 194 g/mol. The third-order valence-corrected chi connectivity index (χ3v) is 3.69. The monoisotopic (exact) mass is 217 g/mol. The van der Waals surface area contributed by atoms with Gasteiger partial charge in [-0.15, -0.1) is 0 Å². The molecule has 1 N–H and O–H groups in total. The highest BCUT2D eigenvalue weighted by Gasteiger charge is 2.19. The van der Waals surface area contributed by atoms with Crippen LogP contribution in [0.15, 0.2) is 24.3 Å². The van der Waals surface area contributed by atoms with Gasteiger partial charge < -0.3 is 5.32 Å². The first kappa shape index (κ1) is 11.7. The Bertz CT molecular complexity index is 328. The van der Waals surface area contributed by atoms with E-state index in [1.54, 1.807) is 5.56 Å². The summed E-state index contributed by atoms with van der Waals surface area (Å²) in [6.07, 6.45) is 5.39. The molecule has 2 rings (SSSR count). The van der Waals surface area contributed by atoms with Crippen molar-refractivity contribution < 1.29 is 0 Å². The molecule has 0 aromatic heterocycles. The molecule has 1 aliphatic carbocycles. The van der Waals surface area contributed by atoms with Gasteiger partial charge in [-0.05, 0) is 49.8 Å². The Morgan fingerprint density at radius 3 is 2.81 bits per heavy atom. The van der Waals surface area contributed by atoms with Gasteiger partial charge in [0.2, 0.25) is 0 Å². The quantitative estimate of drug-likeness (QED) is 0.785. The smallest absolute Gasteiger partial charge is 0.0291 e. The lowest BCUT2D eigenvalue weighted by Gasteiger charge is -2.26. The molecule has 1 nitrogen and oxygen atoms in total. The van der Waals surface area contributed by atoms with Gasteiger partial charge >= 0.3 is 0 Å². The second kappa shape index (κ2) is 5.49. The maximum absolute atomic E-state index is 3.55. The third kappa shape index (κ3) is 2.65. The van der Waals surface area contributed by atoms with E-state index in [0.717, 1.165) is 12.5 Å². The Balaban J connectivity index is 2.02. The number of rotatable bonds is 5. The Kier molecular flexibility index (Phi) is 4.00. The van der Waals surface area contributed by atoms with Crippen molar-refractivity contribution in [3.05, 3.63) is 35.4 Å². The second-order valence-corrected chi connectivity index (χ2v) is 4.97. The van der Waals surface area contributed by atoms with Crippen LogP contribution in [0.25, 0.3) is 0 Å². The molecule has 1 unspecified atom stereocenters. The van der Waals surface area contributed by atoms with E-state index in [-0.39, 0.29) is 0 Å². The predicted octanol–water partition coefficient (Wildman–Crippen LogP) is 4.01. The molecule has 1 atom stereocenters. The summed E-state index contributed by atoms with van der Waals surface area (Å²) in [5.41, 5.74) is 2.99. The summed E-state index contributed by atoms with van der Waals surface area (Å²) in [6.45, 7) is 5.58. The molecule has 0 bridgehead atoms. The van der Waals surface area contributed by atoms with Crippen molar-refractivity contribution in [2.45, 2.75) is 51.5 Å². The van der Waals surface area contributed by atoms with Crippen LogP contribution in [0.4, 0.5) is 0 Å². The van der Waals surface area contributed by atoms with Crippen molar-refractivity contribution in [3.63, 3.8) is 0 Å². The van der Waals surface area contributed by atoms with E-state index >= 15 is 0 Å². The summed E-state index contributed by atoms with van der Waals surface area (Å²) in [4.78, 5) is 0. The van der Waals surface area contributed by atoms with E-state index in [1.807, 2.05) is 0 Å². The lowest BCUT2D eigenvalue weighted by molar-refractivity contribution is 0.419. The normalized spacial score (nSPS) is 18.1. The minimum Gasteiger partial charge on any atom is -0.310 e. The van der Waals surface area contributed by atoms with Crippen LogP contribution in [0.1, 0.15) is 62.6 Å². The van der Waals surface area contributed by atoms with Gasteiger partial charge in [0.15, 0.2) is 0 Å². The zero-order valence-electron chi connectivity index (χ0n) is 10.5. The van der Waals surface area contributed by atoms with Crippen molar-refractivity contribution >= 4 is 0 Å². The van der Waals surface area contributed by atoms with Crippen LogP contribution in [-0.4, -0.2) is 6.54 Å². The zero-order chi connectivity index (χ0) is 11.4. The van der Waals surface area contributed by atoms with Crippen molar-refractivity contribution in [3.8, 4) is 0 Å². The molecule has 1 heteroatoms. The Morgan fingerprint density at radius 1 is 1.38 bits per heavy atom. The largest absolute Gasteiger partial charge is 0.310 e. The van der Waals surface area contributed by atoms with E-state index in [4.69, 9.17) is 0 Å². The summed E-state index contributed by atoms with van der Waals surface area (Å²) < 4.78 is 0.